The number of piperidine rings is 1. The van der Waals surface area contributed by atoms with Crippen LogP contribution in [-0.2, 0) is 4.74 Å². The van der Waals surface area contributed by atoms with Crippen LogP contribution in [0.1, 0.15) is 19.8 Å². The Kier molecular flexibility index (Phi) is 5.38. The molecule has 1 aromatic carbocycles. The standard InChI is InChI=1S/C15H23N3O3/c1-3-16-13-7-14(9-15(8-13)18(19)20)17-6-4-5-12(10-17)11-21-2/h7-9,12,16H,3-6,10-11H2,1-2H3. The lowest BCUT2D eigenvalue weighted by molar-refractivity contribution is -0.384. The summed E-state index contributed by atoms with van der Waals surface area (Å²) < 4.78 is 5.24. The van der Waals surface area contributed by atoms with Crippen molar-refractivity contribution in [2.45, 2.75) is 19.8 Å². The first kappa shape index (κ1) is 15.6. The molecule has 0 saturated carbocycles. The Labute approximate surface area is 125 Å². The monoisotopic (exact) mass is 293 g/mol. The van der Waals surface area contributed by atoms with E-state index in [2.05, 4.69) is 10.2 Å². The minimum atomic E-state index is -0.332. The van der Waals surface area contributed by atoms with Gasteiger partial charge in [0.2, 0.25) is 0 Å². The van der Waals surface area contributed by atoms with Crippen molar-refractivity contribution < 1.29 is 9.66 Å². The number of nitro groups is 1. The summed E-state index contributed by atoms with van der Waals surface area (Å²) in [5.74, 6) is 0.491. The van der Waals surface area contributed by atoms with E-state index in [1.165, 1.54) is 0 Å². The molecule has 0 radical (unpaired) electrons. The molecule has 0 bridgehead atoms. The number of ether oxygens (including phenoxy) is 1. The Morgan fingerprint density at radius 3 is 2.95 bits per heavy atom. The molecule has 1 heterocycles. The summed E-state index contributed by atoms with van der Waals surface area (Å²) in [6.07, 6.45) is 2.24. The molecule has 6 nitrogen and oxygen atoms in total. The second-order valence-corrected chi connectivity index (χ2v) is 5.44. The molecule has 1 N–H and O–H groups in total. The van der Waals surface area contributed by atoms with Gasteiger partial charge in [0.15, 0.2) is 0 Å². The summed E-state index contributed by atoms with van der Waals surface area (Å²) in [4.78, 5) is 13.0. The third-order valence-electron chi connectivity index (χ3n) is 3.78. The predicted molar refractivity (Wildman–Crippen MR) is 84.1 cm³/mol. The van der Waals surface area contributed by atoms with Gasteiger partial charge >= 0.3 is 0 Å². The van der Waals surface area contributed by atoms with E-state index >= 15 is 0 Å². The Morgan fingerprint density at radius 1 is 1.48 bits per heavy atom. The fourth-order valence-corrected chi connectivity index (χ4v) is 2.86. The van der Waals surface area contributed by atoms with Gasteiger partial charge in [-0.15, -0.1) is 0 Å². The van der Waals surface area contributed by atoms with E-state index < -0.39 is 0 Å². The van der Waals surface area contributed by atoms with Gasteiger partial charge in [0.25, 0.3) is 5.69 Å². The van der Waals surface area contributed by atoms with Crippen LogP contribution >= 0.6 is 0 Å². The average molecular weight is 293 g/mol. The molecule has 1 fully saturated rings. The number of anilines is 2. The fourth-order valence-electron chi connectivity index (χ4n) is 2.86. The number of hydrogen-bond acceptors (Lipinski definition) is 5. The van der Waals surface area contributed by atoms with Crippen molar-refractivity contribution >= 4 is 17.1 Å². The summed E-state index contributed by atoms with van der Waals surface area (Å²) in [6, 6.07) is 5.24. The lowest BCUT2D eigenvalue weighted by Crippen LogP contribution is -2.37. The van der Waals surface area contributed by atoms with Crippen molar-refractivity contribution in [3.8, 4) is 0 Å². The highest BCUT2D eigenvalue weighted by molar-refractivity contribution is 5.64. The van der Waals surface area contributed by atoms with Crippen LogP contribution in [0.4, 0.5) is 17.1 Å². The average Bonchev–Trinajstić information content (AvgIpc) is 2.48. The topological polar surface area (TPSA) is 67.6 Å². The van der Waals surface area contributed by atoms with Crippen LogP contribution in [0.15, 0.2) is 18.2 Å². The zero-order valence-electron chi connectivity index (χ0n) is 12.7. The summed E-state index contributed by atoms with van der Waals surface area (Å²) in [6.45, 7) is 5.29. The lowest BCUT2D eigenvalue weighted by atomic mass is 9.98. The molecular formula is C15H23N3O3. The molecule has 0 aliphatic carbocycles. The van der Waals surface area contributed by atoms with Gasteiger partial charge in [-0.05, 0) is 31.7 Å². The molecule has 0 aromatic heterocycles. The first-order chi connectivity index (χ1) is 10.1. The van der Waals surface area contributed by atoms with Crippen LogP contribution in [-0.4, -0.2) is 38.3 Å². The van der Waals surface area contributed by atoms with Crippen molar-refractivity contribution in [3.63, 3.8) is 0 Å². The summed E-state index contributed by atoms with van der Waals surface area (Å²) >= 11 is 0. The van der Waals surface area contributed by atoms with E-state index in [9.17, 15) is 10.1 Å². The maximum Gasteiger partial charge on any atom is 0.273 e. The number of non-ortho nitro benzene ring substituents is 1. The number of nitro benzene ring substituents is 1. The van der Waals surface area contributed by atoms with Gasteiger partial charge < -0.3 is 15.0 Å². The minimum Gasteiger partial charge on any atom is -0.385 e. The maximum atomic E-state index is 11.1. The molecule has 1 aliphatic rings. The highest BCUT2D eigenvalue weighted by Crippen LogP contribution is 2.30. The van der Waals surface area contributed by atoms with Crippen LogP contribution < -0.4 is 10.2 Å². The van der Waals surface area contributed by atoms with E-state index in [4.69, 9.17) is 4.74 Å². The largest absolute Gasteiger partial charge is 0.385 e. The highest BCUT2D eigenvalue weighted by atomic mass is 16.6. The van der Waals surface area contributed by atoms with E-state index in [1.54, 1.807) is 19.2 Å². The normalized spacial score (nSPS) is 18.6. The smallest absolute Gasteiger partial charge is 0.273 e. The van der Waals surface area contributed by atoms with Crippen molar-refractivity contribution in [3.05, 3.63) is 28.3 Å². The lowest BCUT2D eigenvalue weighted by Gasteiger charge is -2.34. The van der Waals surface area contributed by atoms with Gasteiger partial charge in [0.05, 0.1) is 11.5 Å². The van der Waals surface area contributed by atoms with Gasteiger partial charge in [-0.25, -0.2) is 0 Å². The van der Waals surface area contributed by atoms with Gasteiger partial charge in [-0.2, -0.15) is 0 Å². The minimum absolute atomic E-state index is 0.136. The van der Waals surface area contributed by atoms with E-state index in [1.807, 2.05) is 13.0 Å². The molecule has 6 heteroatoms. The summed E-state index contributed by atoms with van der Waals surface area (Å²) in [5.41, 5.74) is 1.86. The van der Waals surface area contributed by atoms with Crippen molar-refractivity contribution in [2.24, 2.45) is 5.92 Å². The number of nitrogens with one attached hydrogen (secondary N) is 1. The number of nitrogens with zero attached hydrogens (tertiary/aromatic N) is 2. The van der Waals surface area contributed by atoms with Crippen LogP contribution in [0.3, 0.4) is 0 Å². The van der Waals surface area contributed by atoms with Crippen molar-refractivity contribution in [2.75, 3.05) is 43.6 Å². The maximum absolute atomic E-state index is 11.1. The predicted octanol–water partition coefficient (Wildman–Crippen LogP) is 2.89. The molecule has 1 unspecified atom stereocenters. The molecule has 1 atom stereocenters. The van der Waals surface area contributed by atoms with Crippen LogP contribution in [0.25, 0.3) is 0 Å². The van der Waals surface area contributed by atoms with Crippen molar-refractivity contribution in [1.29, 1.82) is 0 Å². The molecule has 1 aliphatic heterocycles. The zero-order chi connectivity index (χ0) is 15.2. The Morgan fingerprint density at radius 2 is 2.29 bits per heavy atom. The van der Waals surface area contributed by atoms with Crippen molar-refractivity contribution in [1.82, 2.24) is 0 Å². The second kappa shape index (κ2) is 7.26. The van der Waals surface area contributed by atoms with Crippen LogP contribution in [0, 0.1) is 16.0 Å². The second-order valence-electron chi connectivity index (χ2n) is 5.44. The molecule has 2 rings (SSSR count). The number of methoxy groups -OCH3 is 1. The SMILES string of the molecule is CCNc1cc(N2CCCC(COC)C2)cc([N+](=O)[O-])c1. The first-order valence-electron chi connectivity index (χ1n) is 7.41. The molecule has 0 amide bonds. The van der Waals surface area contributed by atoms with Crippen LogP contribution in [0.5, 0.6) is 0 Å². The number of benzene rings is 1. The molecule has 21 heavy (non-hydrogen) atoms. The van der Waals surface area contributed by atoms with Gasteiger partial charge in [0, 0.05) is 50.3 Å². The van der Waals surface area contributed by atoms with Crippen LogP contribution in [0.2, 0.25) is 0 Å². The van der Waals surface area contributed by atoms with Gasteiger partial charge in [0.1, 0.15) is 0 Å². The fraction of sp³-hybridized carbons (Fsp3) is 0.600. The summed E-state index contributed by atoms with van der Waals surface area (Å²) in [7, 11) is 1.72. The molecule has 116 valence electrons. The van der Waals surface area contributed by atoms with E-state index in [0.717, 1.165) is 50.5 Å². The van der Waals surface area contributed by atoms with E-state index in [-0.39, 0.29) is 10.6 Å². The quantitative estimate of drug-likeness (QED) is 0.645. The molecular weight excluding hydrogens is 270 g/mol. The van der Waals surface area contributed by atoms with E-state index in [0.29, 0.717) is 5.92 Å². The summed E-state index contributed by atoms with van der Waals surface area (Å²) in [5, 5.41) is 14.3. The Bertz CT molecular complexity index is 491. The Hall–Kier alpha value is -1.82. The Balaban J connectivity index is 2.22. The third kappa shape index (κ3) is 4.07. The zero-order valence-corrected chi connectivity index (χ0v) is 12.7. The number of hydrogen-bond donors (Lipinski definition) is 1. The van der Waals surface area contributed by atoms with Gasteiger partial charge in [-0.1, -0.05) is 0 Å². The molecule has 1 aromatic rings. The third-order valence-corrected chi connectivity index (χ3v) is 3.78. The number of rotatable bonds is 6. The highest BCUT2D eigenvalue weighted by Gasteiger charge is 2.22. The molecule has 0 spiro atoms. The molecule has 1 saturated heterocycles. The first-order valence-corrected chi connectivity index (χ1v) is 7.41. The van der Waals surface area contributed by atoms with Gasteiger partial charge in [-0.3, -0.25) is 10.1 Å².